The Kier molecular flexibility index (Phi) is 2.97. The predicted molar refractivity (Wildman–Crippen MR) is 72.4 cm³/mol. The molecule has 3 rings (SSSR count). The number of nitrogens with one attached hydrogen (secondary N) is 2. The standard InChI is InChI=1S/C13H13N5O/c1-2-14-13-16-11-10(8-15-18-11)12(17-13)19-9-6-4-3-5-7-9/h3-8H,2H2,1H3,(H2,14,15,16,17,18). The normalized spacial score (nSPS) is 10.6. The Morgan fingerprint density at radius 1 is 1.21 bits per heavy atom. The SMILES string of the molecule is CCNc1nc(Oc2ccccc2)c2cn[nH]c2n1. The number of aromatic amines is 1. The van der Waals surface area contributed by atoms with Crippen LogP contribution in [0.15, 0.2) is 36.5 Å². The number of rotatable bonds is 4. The van der Waals surface area contributed by atoms with Gasteiger partial charge in [0, 0.05) is 6.54 Å². The predicted octanol–water partition coefficient (Wildman–Crippen LogP) is 2.58. The molecule has 0 radical (unpaired) electrons. The van der Waals surface area contributed by atoms with Crippen LogP contribution in [0.1, 0.15) is 6.92 Å². The monoisotopic (exact) mass is 255 g/mol. The molecule has 0 aliphatic rings. The van der Waals surface area contributed by atoms with E-state index in [1.165, 1.54) is 0 Å². The van der Waals surface area contributed by atoms with Crippen LogP contribution in [0.4, 0.5) is 5.95 Å². The van der Waals surface area contributed by atoms with Crippen LogP contribution >= 0.6 is 0 Å². The second-order valence-electron chi connectivity index (χ2n) is 3.93. The molecule has 3 aromatic rings. The van der Waals surface area contributed by atoms with Crippen molar-refractivity contribution in [1.82, 2.24) is 20.2 Å². The van der Waals surface area contributed by atoms with Crippen LogP contribution < -0.4 is 10.1 Å². The second-order valence-corrected chi connectivity index (χ2v) is 3.93. The summed E-state index contributed by atoms with van der Waals surface area (Å²) in [6.45, 7) is 2.72. The highest BCUT2D eigenvalue weighted by Gasteiger charge is 2.11. The van der Waals surface area contributed by atoms with Crippen LogP contribution in [0.25, 0.3) is 11.0 Å². The van der Waals surface area contributed by atoms with Crippen molar-refractivity contribution in [2.24, 2.45) is 0 Å². The summed E-state index contributed by atoms with van der Waals surface area (Å²) >= 11 is 0. The smallest absolute Gasteiger partial charge is 0.235 e. The topological polar surface area (TPSA) is 75.7 Å². The summed E-state index contributed by atoms with van der Waals surface area (Å²) in [5.41, 5.74) is 0.650. The second kappa shape index (κ2) is 4.93. The van der Waals surface area contributed by atoms with E-state index in [1.54, 1.807) is 6.20 Å². The maximum atomic E-state index is 5.79. The molecule has 1 aromatic carbocycles. The zero-order chi connectivity index (χ0) is 13.1. The van der Waals surface area contributed by atoms with Crippen LogP contribution in [0.2, 0.25) is 0 Å². The van der Waals surface area contributed by atoms with Gasteiger partial charge in [0.15, 0.2) is 5.65 Å². The lowest BCUT2D eigenvalue weighted by atomic mass is 10.3. The largest absolute Gasteiger partial charge is 0.438 e. The van der Waals surface area contributed by atoms with Crippen molar-refractivity contribution < 1.29 is 4.74 Å². The molecule has 0 saturated carbocycles. The Morgan fingerprint density at radius 3 is 2.84 bits per heavy atom. The molecule has 2 heterocycles. The van der Waals surface area contributed by atoms with E-state index in [4.69, 9.17) is 4.74 Å². The molecule has 0 atom stereocenters. The van der Waals surface area contributed by atoms with E-state index in [9.17, 15) is 0 Å². The number of anilines is 1. The fraction of sp³-hybridized carbons (Fsp3) is 0.154. The zero-order valence-electron chi connectivity index (χ0n) is 10.4. The van der Waals surface area contributed by atoms with Gasteiger partial charge in [-0.2, -0.15) is 15.1 Å². The number of fused-ring (bicyclic) bond motifs is 1. The van der Waals surface area contributed by atoms with Crippen LogP contribution in [0.5, 0.6) is 11.6 Å². The van der Waals surface area contributed by atoms with Crippen molar-refractivity contribution in [1.29, 1.82) is 0 Å². The van der Waals surface area contributed by atoms with Gasteiger partial charge in [-0.3, -0.25) is 5.10 Å². The molecule has 6 nitrogen and oxygen atoms in total. The van der Waals surface area contributed by atoms with Crippen molar-refractivity contribution in [2.75, 3.05) is 11.9 Å². The summed E-state index contributed by atoms with van der Waals surface area (Å²) in [4.78, 5) is 8.66. The number of hydrogen-bond acceptors (Lipinski definition) is 5. The van der Waals surface area contributed by atoms with Crippen LogP contribution in [0.3, 0.4) is 0 Å². The van der Waals surface area contributed by atoms with E-state index in [-0.39, 0.29) is 0 Å². The Morgan fingerprint density at radius 2 is 2.05 bits per heavy atom. The summed E-state index contributed by atoms with van der Waals surface area (Å²) in [7, 11) is 0. The summed E-state index contributed by atoms with van der Waals surface area (Å²) < 4.78 is 5.79. The molecule has 0 spiro atoms. The van der Waals surface area contributed by atoms with Gasteiger partial charge in [0.05, 0.1) is 6.20 Å². The highest BCUT2D eigenvalue weighted by Crippen LogP contribution is 2.27. The van der Waals surface area contributed by atoms with Gasteiger partial charge in [0.25, 0.3) is 0 Å². The average molecular weight is 255 g/mol. The Hall–Kier alpha value is -2.63. The Labute approximate surface area is 109 Å². The van der Waals surface area contributed by atoms with Gasteiger partial charge >= 0.3 is 0 Å². The van der Waals surface area contributed by atoms with Gasteiger partial charge in [-0.25, -0.2) is 0 Å². The molecule has 0 bridgehead atoms. The third-order valence-corrected chi connectivity index (χ3v) is 2.57. The molecule has 0 aliphatic carbocycles. The molecule has 19 heavy (non-hydrogen) atoms. The van der Waals surface area contributed by atoms with Crippen LogP contribution in [-0.4, -0.2) is 26.7 Å². The number of para-hydroxylation sites is 1. The van der Waals surface area contributed by atoms with Gasteiger partial charge in [0.2, 0.25) is 11.8 Å². The molecular weight excluding hydrogens is 242 g/mol. The van der Waals surface area contributed by atoms with Crippen LogP contribution in [0, 0.1) is 0 Å². The first-order valence-electron chi connectivity index (χ1n) is 6.04. The molecule has 0 unspecified atom stereocenters. The molecule has 6 heteroatoms. The lowest BCUT2D eigenvalue weighted by Gasteiger charge is -2.07. The fourth-order valence-corrected chi connectivity index (χ4v) is 1.72. The molecule has 96 valence electrons. The molecule has 2 N–H and O–H groups in total. The summed E-state index contributed by atoms with van der Waals surface area (Å²) in [6.07, 6.45) is 1.66. The minimum atomic E-state index is 0.487. The molecule has 0 fully saturated rings. The Balaban J connectivity index is 2.03. The fourth-order valence-electron chi connectivity index (χ4n) is 1.72. The first-order valence-corrected chi connectivity index (χ1v) is 6.04. The lowest BCUT2D eigenvalue weighted by Crippen LogP contribution is -2.03. The van der Waals surface area contributed by atoms with Crippen molar-refractivity contribution in [2.45, 2.75) is 6.92 Å². The number of H-pyrrole nitrogens is 1. The number of aromatic nitrogens is 4. The van der Waals surface area contributed by atoms with Gasteiger partial charge in [-0.15, -0.1) is 0 Å². The number of benzene rings is 1. The third-order valence-electron chi connectivity index (χ3n) is 2.57. The zero-order valence-corrected chi connectivity index (χ0v) is 10.4. The van der Waals surface area contributed by atoms with E-state index < -0.39 is 0 Å². The molecular formula is C13H13N5O. The maximum Gasteiger partial charge on any atom is 0.235 e. The van der Waals surface area contributed by atoms with E-state index in [1.807, 2.05) is 37.3 Å². The number of hydrogen-bond donors (Lipinski definition) is 2. The molecule has 0 aliphatic heterocycles. The first kappa shape index (κ1) is 11.5. The Bertz CT molecular complexity index is 680. The van der Waals surface area contributed by atoms with Crippen molar-refractivity contribution in [3.63, 3.8) is 0 Å². The maximum absolute atomic E-state index is 5.79. The van der Waals surface area contributed by atoms with Gasteiger partial charge < -0.3 is 10.1 Å². The van der Waals surface area contributed by atoms with Gasteiger partial charge in [-0.05, 0) is 19.1 Å². The minimum absolute atomic E-state index is 0.487. The van der Waals surface area contributed by atoms with E-state index in [0.717, 1.165) is 17.7 Å². The molecule has 0 saturated heterocycles. The van der Waals surface area contributed by atoms with Crippen LogP contribution in [-0.2, 0) is 0 Å². The quantitative estimate of drug-likeness (QED) is 0.749. The van der Waals surface area contributed by atoms with Crippen molar-refractivity contribution >= 4 is 17.0 Å². The highest BCUT2D eigenvalue weighted by molar-refractivity contribution is 5.80. The lowest BCUT2D eigenvalue weighted by molar-refractivity contribution is 0.469. The summed E-state index contributed by atoms with van der Waals surface area (Å²) in [5, 5.41) is 10.6. The van der Waals surface area contributed by atoms with E-state index in [2.05, 4.69) is 25.5 Å². The van der Waals surface area contributed by atoms with Crippen molar-refractivity contribution in [3.8, 4) is 11.6 Å². The minimum Gasteiger partial charge on any atom is -0.438 e. The third kappa shape index (κ3) is 2.33. The van der Waals surface area contributed by atoms with Crippen molar-refractivity contribution in [3.05, 3.63) is 36.5 Å². The molecule has 2 aromatic heterocycles. The summed E-state index contributed by atoms with van der Waals surface area (Å²) in [5.74, 6) is 1.73. The summed E-state index contributed by atoms with van der Waals surface area (Å²) in [6, 6.07) is 9.51. The van der Waals surface area contributed by atoms with E-state index in [0.29, 0.717) is 17.5 Å². The first-order chi connectivity index (χ1) is 9.36. The van der Waals surface area contributed by atoms with E-state index >= 15 is 0 Å². The highest BCUT2D eigenvalue weighted by atomic mass is 16.5. The molecule has 0 amide bonds. The number of nitrogens with zero attached hydrogens (tertiary/aromatic N) is 3. The average Bonchev–Trinajstić information content (AvgIpc) is 2.89. The van der Waals surface area contributed by atoms with Gasteiger partial charge in [0.1, 0.15) is 11.1 Å². The number of ether oxygens (including phenoxy) is 1. The van der Waals surface area contributed by atoms with Gasteiger partial charge in [-0.1, -0.05) is 18.2 Å².